The summed E-state index contributed by atoms with van der Waals surface area (Å²) in [5.74, 6) is 0.574. The molecule has 0 saturated heterocycles. The van der Waals surface area contributed by atoms with Gasteiger partial charge in [-0.3, -0.25) is 15.6 Å². The van der Waals surface area contributed by atoms with Gasteiger partial charge in [0.1, 0.15) is 11.3 Å². The molecule has 1 aromatic carbocycles. The number of hydrazine groups is 1. The largest absolute Gasteiger partial charge is 0.460 e. The van der Waals surface area contributed by atoms with E-state index in [1.807, 2.05) is 45.0 Å². The quantitative estimate of drug-likeness (QED) is 0.457. The van der Waals surface area contributed by atoms with Crippen molar-refractivity contribution in [3.63, 3.8) is 0 Å². The lowest BCUT2D eigenvalue weighted by Gasteiger charge is -2.12. The summed E-state index contributed by atoms with van der Waals surface area (Å²) in [6.07, 6.45) is 3.98. The highest BCUT2D eigenvalue weighted by Crippen LogP contribution is 2.27. The van der Waals surface area contributed by atoms with Gasteiger partial charge in [0.15, 0.2) is 5.11 Å². The lowest BCUT2D eigenvalue weighted by atomic mass is 10.1. The van der Waals surface area contributed by atoms with Crippen molar-refractivity contribution in [2.45, 2.75) is 33.2 Å². The van der Waals surface area contributed by atoms with Gasteiger partial charge >= 0.3 is 0 Å². The predicted molar refractivity (Wildman–Crippen MR) is 96.8 cm³/mol. The molecular formula is C17H21N3O2S. The van der Waals surface area contributed by atoms with E-state index in [1.54, 1.807) is 6.08 Å². The summed E-state index contributed by atoms with van der Waals surface area (Å²) in [5, 5.41) is 4.35. The van der Waals surface area contributed by atoms with Gasteiger partial charge in [-0.15, -0.1) is 0 Å². The van der Waals surface area contributed by atoms with Gasteiger partial charge in [-0.2, -0.15) is 0 Å². The summed E-state index contributed by atoms with van der Waals surface area (Å²) in [5.41, 5.74) is 6.94. The molecular weight excluding hydrogens is 310 g/mol. The molecule has 1 aromatic heterocycles. The predicted octanol–water partition coefficient (Wildman–Crippen LogP) is 2.91. The van der Waals surface area contributed by atoms with E-state index in [4.69, 9.17) is 16.6 Å². The van der Waals surface area contributed by atoms with Gasteiger partial charge in [-0.1, -0.05) is 25.1 Å². The number of hydrogen-bond acceptors (Lipinski definition) is 3. The average Bonchev–Trinajstić information content (AvgIpc) is 2.88. The highest BCUT2D eigenvalue weighted by atomic mass is 32.1. The van der Waals surface area contributed by atoms with Crippen LogP contribution in [-0.2, 0) is 11.2 Å². The van der Waals surface area contributed by atoms with E-state index in [-0.39, 0.29) is 11.9 Å². The second kappa shape index (κ2) is 7.78. The van der Waals surface area contributed by atoms with Crippen molar-refractivity contribution >= 4 is 40.3 Å². The number of fused-ring (bicyclic) bond motifs is 1. The van der Waals surface area contributed by atoms with Crippen LogP contribution in [0.3, 0.4) is 0 Å². The van der Waals surface area contributed by atoms with Gasteiger partial charge < -0.3 is 9.73 Å². The van der Waals surface area contributed by atoms with Crippen LogP contribution < -0.4 is 16.2 Å². The molecule has 3 N–H and O–H groups in total. The van der Waals surface area contributed by atoms with Crippen LogP contribution in [0.25, 0.3) is 17.0 Å². The number of benzene rings is 1. The van der Waals surface area contributed by atoms with Gasteiger partial charge in [0, 0.05) is 29.5 Å². The van der Waals surface area contributed by atoms with E-state index < -0.39 is 0 Å². The van der Waals surface area contributed by atoms with Gasteiger partial charge in [0.05, 0.1) is 0 Å². The van der Waals surface area contributed by atoms with Crippen LogP contribution in [0, 0.1) is 0 Å². The second-order valence-electron chi connectivity index (χ2n) is 5.36. The number of para-hydroxylation sites is 1. The van der Waals surface area contributed by atoms with Crippen LogP contribution in [0.1, 0.15) is 32.1 Å². The highest BCUT2D eigenvalue weighted by Gasteiger charge is 2.10. The van der Waals surface area contributed by atoms with E-state index >= 15 is 0 Å². The van der Waals surface area contributed by atoms with Gasteiger partial charge in [-0.25, -0.2) is 0 Å². The minimum absolute atomic E-state index is 0.201. The third-order valence-electron chi connectivity index (χ3n) is 3.15. The fourth-order valence-corrected chi connectivity index (χ4v) is 2.47. The molecule has 23 heavy (non-hydrogen) atoms. The summed E-state index contributed by atoms with van der Waals surface area (Å²) in [6, 6.07) is 7.98. The number of furan rings is 1. The lowest BCUT2D eigenvalue weighted by Crippen LogP contribution is -2.48. The lowest BCUT2D eigenvalue weighted by molar-refractivity contribution is -0.116. The summed E-state index contributed by atoms with van der Waals surface area (Å²) in [6.45, 7) is 5.95. The van der Waals surface area contributed by atoms with Crippen LogP contribution in [0.4, 0.5) is 0 Å². The summed E-state index contributed by atoms with van der Waals surface area (Å²) in [4.78, 5) is 11.9. The zero-order valence-corrected chi connectivity index (χ0v) is 14.3. The molecule has 5 nitrogen and oxygen atoms in total. The molecule has 0 aliphatic heterocycles. The average molecular weight is 331 g/mol. The van der Waals surface area contributed by atoms with Crippen LogP contribution in [0.15, 0.2) is 34.8 Å². The first-order chi connectivity index (χ1) is 11.0. The Kier molecular flexibility index (Phi) is 5.76. The van der Waals surface area contributed by atoms with Gasteiger partial charge in [-0.05, 0) is 38.2 Å². The topological polar surface area (TPSA) is 66.3 Å². The third kappa shape index (κ3) is 4.56. The van der Waals surface area contributed by atoms with Gasteiger partial charge in [0.2, 0.25) is 0 Å². The molecule has 0 radical (unpaired) electrons. The van der Waals surface area contributed by atoms with E-state index in [2.05, 4.69) is 16.2 Å². The summed E-state index contributed by atoms with van der Waals surface area (Å²) >= 11 is 5.04. The molecule has 0 fully saturated rings. The maximum Gasteiger partial charge on any atom is 0.262 e. The molecule has 6 heteroatoms. The van der Waals surface area contributed by atoms with Crippen molar-refractivity contribution in [3.05, 3.63) is 41.7 Å². The normalized spacial score (nSPS) is 11.1. The van der Waals surface area contributed by atoms with Crippen molar-refractivity contribution < 1.29 is 9.21 Å². The highest BCUT2D eigenvalue weighted by molar-refractivity contribution is 7.80. The second-order valence-corrected chi connectivity index (χ2v) is 5.77. The van der Waals surface area contributed by atoms with Crippen molar-refractivity contribution in [3.8, 4) is 0 Å². The first-order valence-electron chi connectivity index (χ1n) is 7.56. The molecule has 0 unspecified atom stereocenters. The van der Waals surface area contributed by atoms with Crippen molar-refractivity contribution in [1.82, 2.24) is 16.2 Å². The number of aryl methyl sites for hydroxylation is 1. The minimum Gasteiger partial charge on any atom is -0.460 e. The molecule has 0 spiro atoms. The molecule has 0 aliphatic rings. The van der Waals surface area contributed by atoms with E-state index in [1.165, 1.54) is 6.08 Å². The maximum atomic E-state index is 11.9. The van der Waals surface area contributed by atoms with Crippen molar-refractivity contribution in [1.29, 1.82) is 0 Å². The Hall–Kier alpha value is -2.34. The van der Waals surface area contributed by atoms with E-state index in [9.17, 15) is 4.79 Å². The Balaban J connectivity index is 2.05. The Morgan fingerprint density at radius 2 is 2.04 bits per heavy atom. The first kappa shape index (κ1) is 17.0. The number of amides is 1. The molecule has 0 saturated carbocycles. The Labute approximate surface area is 141 Å². The molecule has 0 aliphatic carbocycles. The maximum absolute atomic E-state index is 11.9. The Morgan fingerprint density at radius 1 is 1.30 bits per heavy atom. The summed E-state index contributed by atoms with van der Waals surface area (Å²) in [7, 11) is 0. The number of thiocarbonyl (C=S) groups is 1. The fraction of sp³-hybridized carbons (Fsp3) is 0.294. The Bertz CT molecular complexity index is 735. The van der Waals surface area contributed by atoms with E-state index in [0.29, 0.717) is 5.11 Å². The third-order valence-corrected chi connectivity index (χ3v) is 3.37. The van der Waals surface area contributed by atoms with Crippen molar-refractivity contribution in [2.24, 2.45) is 0 Å². The molecule has 0 atom stereocenters. The molecule has 0 bridgehead atoms. The number of hydrogen-bond donors (Lipinski definition) is 3. The standard InChI is InChI=1S/C17H21N3O2S/c1-4-14-13(12-7-5-6-8-15(12)22-14)9-10-16(21)19-20-17(23)18-11(2)3/h5-11H,4H2,1-3H3,(H,19,21)(H2,18,20,23)/b10-9+. The fourth-order valence-electron chi connectivity index (χ4n) is 2.18. The summed E-state index contributed by atoms with van der Waals surface area (Å²) < 4.78 is 5.79. The smallest absolute Gasteiger partial charge is 0.262 e. The van der Waals surface area contributed by atoms with Crippen LogP contribution >= 0.6 is 12.2 Å². The van der Waals surface area contributed by atoms with Crippen LogP contribution in [0.2, 0.25) is 0 Å². The SMILES string of the molecule is CCc1oc2ccccc2c1/C=C/C(=O)NNC(=S)NC(C)C. The number of carbonyl (C=O) groups excluding carboxylic acids is 1. The van der Waals surface area contributed by atoms with E-state index in [0.717, 1.165) is 28.7 Å². The minimum atomic E-state index is -0.287. The number of nitrogens with one attached hydrogen (secondary N) is 3. The van der Waals surface area contributed by atoms with Crippen molar-refractivity contribution in [2.75, 3.05) is 0 Å². The van der Waals surface area contributed by atoms with Crippen LogP contribution in [0.5, 0.6) is 0 Å². The van der Waals surface area contributed by atoms with Crippen LogP contribution in [-0.4, -0.2) is 17.1 Å². The zero-order chi connectivity index (χ0) is 16.8. The number of carbonyl (C=O) groups is 1. The Morgan fingerprint density at radius 3 is 2.74 bits per heavy atom. The molecule has 122 valence electrons. The molecule has 1 amide bonds. The number of rotatable bonds is 4. The monoisotopic (exact) mass is 331 g/mol. The zero-order valence-electron chi connectivity index (χ0n) is 13.5. The van der Waals surface area contributed by atoms with Gasteiger partial charge in [0.25, 0.3) is 5.91 Å². The molecule has 2 rings (SSSR count). The molecule has 2 aromatic rings. The molecule has 1 heterocycles. The first-order valence-corrected chi connectivity index (χ1v) is 7.97.